The van der Waals surface area contributed by atoms with E-state index < -0.39 is 0 Å². The Bertz CT molecular complexity index is 735. The summed E-state index contributed by atoms with van der Waals surface area (Å²) in [6.45, 7) is 5.99. The molecule has 0 saturated heterocycles. The van der Waals surface area contributed by atoms with Crippen LogP contribution in [0.25, 0.3) is 0 Å². The molecule has 0 saturated carbocycles. The second-order valence-electron chi connectivity index (χ2n) is 5.60. The summed E-state index contributed by atoms with van der Waals surface area (Å²) in [6, 6.07) is 12.8. The molecule has 0 bridgehead atoms. The van der Waals surface area contributed by atoms with Gasteiger partial charge in [0.2, 0.25) is 0 Å². The van der Waals surface area contributed by atoms with Crippen LogP contribution < -0.4 is 20.1 Å². The van der Waals surface area contributed by atoms with Gasteiger partial charge < -0.3 is 20.1 Å². The minimum atomic E-state index is -0.357. The number of nitrogens with zero attached hydrogens (tertiary/aromatic N) is 1. The van der Waals surface area contributed by atoms with E-state index in [-0.39, 0.29) is 11.6 Å². The molecule has 0 aliphatic carbocycles. The van der Waals surface area contributed by atoms with Gasteiger partial charge in [-0.05, 0) is 49.2 Å². The van der Waals surface area contributed by atoms with E-state index in [1.54, 1.807) is 13.2 Å². The number of rotatable bonds is 8. The second-order valence-corrected chi connectivity index (χ2v) is 5.60. The third-order valence-corrected chi connectivity index (χ3v) is 3.65. The molecule has 0 unspecified atom stereocenters. The zero-order chi connectivity index (χ0) is 18.8. The fourth-order valence-corrected chi connectivity index (χ4v) is 2.40. The first-order valence-electron chi connectivity index (χ1n) is 8.72. The number of guanidine groups is 1. The maximum atomic E-state index is 13.9. The van der Waals surface area contributed by atoms with E-state index in [9.17, 15) is 4.39 Å². The molecular formula is C20H26FN3O2. The van der Waals surface area contributed by atoms with Gasteiger partial charge in [0.25, 0.3) is 0 Å². The zero-order valence-electron chi connectivity index (χ0n) is 15.5. The quantitative estimate of drug-likeness (QED) is 0.560. The summed E-state index contributed by atoms with van der Waals surface area (Å²) in [7, 11) is 1.64. The van der Waals surface area contributed by atoms with Crippen molar-refractivity contribution in [2.45, 2.75) is 26.9 Å². The first-order valence-corrected chi connectivity index (χ1v) is 8.72. The van der Waals surface area contributed by atoms with E-state index in [1.807, 2.05) is 44.2 Å². The molecule has 0 aliphatic rings. The molecule has 0 fully saturated rings. The number of aliphatic imine (C=N–C) groups is 1. The van der Waals surface area contributed by atoms with E-state index in [2.05, 4.69) is 15.6 Å². The van der Waals surface area contributed by atoms with Gasteiger partial charge in [0, 0.05) is 13.1 Å². The van der Waals surface area contributed by atoms with Gasteiger partial charge >= 0.3 is 0 Å². The van der Waals surface area contributed by atoms with Crippen LogP contribution in [0.15, 0.2) is 47.5 Å². The van der Waals surface area contributed by atoms with Crippen molar-refractivity contribution in [3.05, 3.63) is 59.4 Å². The van der Waals surface area contributed by atoms with Crippen LogP contribution in [0.5, 0.6) is 11.5 Å². The van der Waals surface area contributed by atoms with Gasteiger partial charge in [0.1, 0.15) is 5.75 Å². The molecule has 2 aromatic carbocycles. The highest BCUT2D eigenvalue weighted by Crippen LogP contribution is 2.18. The first-order chi connectivity index (χ1) is 12.7. The van der Waals surface area contributed by atoms with Crippen molar-refractivity contribution in [1.29, 1.82) is 0 Å². The van der Waals surface area contributed by atoms with Crippen molar-refractivity contribution in [3.63, 3.8) is 0 Å². The molecule has 0 amide bonds. The van der Waals surface area contributed by atoms with E-state index in [1.165, 1.54) is 6.07 Å². The molecule has 0 aromatic heterocycles. The predicted molar refractivity (Wildman–Crippen MR) is 102 cm³/mol. The number of hydrogen-bond donors (Lipinski definition) is 2. The maximum absolute atomic E-state index is 13.9. The number of halogens is 1. The maximum Gasteiger partial charge on any atom is 0.191 e. The molecule has 2 rings (SSSR count). The van der Waals surface area contributed by atoms with Gasteiger partial charge in [-0.1, -0.05) is 18.2 Å². The third kappa shape index (κ3) is 5.95. The Morgan fingerprint density at radius 1 is 1.08 bits per heavy atom. The summed E-state index contributed by atoms with van der Waals surface area (Å²) in [5.74, 6) is 1.39. The average Bonchev–Trinajstić information content (AvgIpc) is 2.66. The number of nitrogens with one attached hydrogen (secondary N) is 2. The van der Waals surface area contributed by atoms with E-state index in [0.29, 0.717) is 25.7 Å². The monoisotopic (exact) mass is 359 g/mol. The molecule has 0 heterocycles. The highest BCUT2D eigenvalue weighted by atomic mass is 19.1. The smallest absolute Gasteiger partial charge is 0.191 e. The van der Waals surface area contributed by atoms with Gasteiger partial charge in [-0.25, -0.2) is 9.38 Å². The van der Waals surface area contributed by atoms with Crippen LogP contribution >= 0.6 is 0 Å². The summed E-state index contributed by atoms with van der Waals surface area (Å²) in [5, 5.41) is 6.40. The Labute approximate surface area is 154 Å². The number of methoxy groups -OCH3 is 1. The van der Waals surface area contributed by atoms with Gasteiger partial charge in [0.15, 0.2) is 17.5 Å². The Hall–Kier alpha value is -2.76. The zero-order valence-corrected chi connectivity index (χ0v) is 15.5. The molecule has 5 nitrogen and oxygen atoms in total. The molecule has 6 heteroatoms. The Kier molecular flexibility index (Phi) is 7.74. The van der Waals surface area contributed by atoms with Crippen molar-refractivity contribution in [2.75, 3.05) is 20.3 Å². The van der Waals surface area contributed by atoms with Crippen molar-refractivity contribution >= 4 is 5.96 Å². The summed E-state index contributed by atoms with van der Waals surface area (Å²) < 4.78 is 24.4. The van der Waals surface area contributed by atoms with Gasteiger partial charge in [-0.2, -0.15) is 0 Å². The molecule has 0 radical (unpaired) electrons. The molecule has 2 aromatic rings. The Balaban J connectivity index is 1.99. The minimum Gasteiger partial charge on any atom is -0.497 e. The lowest BCUT2D eigenvalue weighted by atomic mass is 10.2. The van der Waals surface area contributed by atoms with Gasteiger partial charge in [-0.3, -0.25) is 0 Å². The van der Waals surface area contributed by atoms with Crippen LogP contribution in [0.2, 0.25) is 0 Å². The summed E-state index contributed by atoms with van der Waals surface area (Å²) in [4.78, 5) is 4.56. The standard InChI is InChI=1S/C20H26FN3O2/c1-4-22-20(23-13-15-7-6-8-17(11-15)25-3)24-14-16-9-10-19(26-5-2)18(21)12-16/h6-12H,4-5,13-14H2,1-3H3,(H2,22,23,24). The summed E-state index contributed by atoms with van der Waals surface area (Å²) in [6.07, 6.45) is 0. The molecule has 0 atom stereocenters. The molecule has 26 heavy (non-hydrogen) atoms. The van der Waals surface area contributed by atoms with Crippen LogP contribution in [0.1, 0.15) is 25.0 Å². The lowest BCUT2D eigenvalue weighted by Gasteiger charge is -2.12. The highest BCUT2D eigenvalue weighted by Gasteiger charge is 2.05. The topological polar surface area (TPSA) is 54.9 Å². The number of ether oxygens (including phenoxy) is 2. The minimum absolute atomic E-state index is 0.273. The van der Waals surface area contributed by atoms with Crippen LogP contribution in [-0.2, 0) is 13.1 Å². The molecule has 0 spiro atoms. The fourth-order valence-electron chi connectivity index (χ4n) is 2.40. The Morgan fingerprint density at radius 2 is 1.92 bits per heavy atom. The Morgan fingerprint density at radius 3 is 2.62 bits per heavy atom. The molecule has 140 valence electrons. The lowest BCUT2D eigenvalue weighted by Crippen LogP contribution is -2.36. The van der Waals surface area contributed by atoms with E-state index in [0.717, 1.165) is 23.4 Å². The van der Waals surface area contributed by atoms with E-state index >= 15 is 0 Å². The SMILES string of the molecule is CCNC(=NCc1cccc(OC)c1)NCc1ccc(OCC)c(F)c1. The average molecular weight is 359 g/mol. The van der Waals surface area contributed by atoms with Crippen molar-refractivity contribution in [3.8, 4) is 11.5 Å². The van der Waals surface area contributed by atoms with Crippen LogP contribution in [0, 0.1) is 5.82 Å². The van der Waals surface area contributed by atoms with Crippen molar-refractivity contribution < 1.29 is 13.9 Å². The third-order valence-electron chi connectivity index (χ3n) is 3.65. The van der Waals surface area contributed by atoms with Gasteiger partial charge in [-0.15, -0.1) is 0 Å². The first kappa shape index (κ1) is 19.6. The molecular weight excluding hydrogens is 333 g/mol. The fraction of sp³-hybridized carbons (Fsp3) is 0.350. The number of hydrogen-bond acceptors (Lipinski definition) is 3. The van der Waals surface area contributed by atoms with Crippen LogP contribution in [0.4, 0.5) is 4.39 Å². The van der Waals surface area contributed by atoms with Crippen molar-refractivity contribution in [2.24, 2.45) is 4.99 Å². The highest BCUT2D eigenvalue weighted by molar-refractivity contribution is 5.79. The second kappa shape index (κ2) is 10.3. The van der Waals surface area contributed by atoms with E-state index in [4.69, 9.17) is 9.47 Å². The molecule has 0 aliphatic heterocycles. The number of benzene rings is 2. The molecule has 2 N–H and O–H groups in total. The van der Waals surface area contributed by atoms with Crippen LogP contribution in [0.3, 0.4) is 0 Å². The van der Waals surface area contributed by atoms with Crippen molar-refractivity contribution in [1.82, 2.24) is 10.6 Å². The predicted octanol–water partition coefficient (Wildman–Crippen LogP) is 3.49. The largest absolute Gasteiger partial charge is 0.497 e. The summed E-state index contributed by atoms with van der Waals surface area (Å²) in [5.41, 5.74) is 1.87. The van der Waals surface area contributed by atoms with Crippen LogP contribution in [-0.4, -0.2) is 26.2 Å². The lowest BCUT2D eigenvalue weighted by molar-refractivity contribution is 0.321. The van der Waals surface area contributed by atoms with Gasteiger partial charge in [0.05, 0.1) is 20.3 Å². The normalized spacial score (nSPS) is 11.2. The summed E-state index contributed by atoms with van der Waals surface area (Å²) >= 11 is 0.